The van der Waals surface area contributed by atoms with Crippen LogP contribution in [0, 0.1) is 11.6 Å². The lowest BCUT2D eigenvalue weighted by molar-refractivity contribution is 0.592. The van der Waals surface area contributed by atoms with Crippen molar-refractivity contribution in [2.24, 2.45) is 0 Å². The second-order valence-corrected chi connectivity index (χ2v) is 11.6. The van der Waals surface area contributed by atoms with Gasteiger partial charge in [0.25, 0.3) is 0 Å². The third-order valence-corrected chi connectivity index (χ3v) is 9.12. The third-order valence-electron chi connectivity index (χ3n) is 7.86. The van der Waals surface area contributed by atoms with Gasteiger partial charge < -0.3 is 4.90 Å². The van der Waals surface area contributed by atoms with Gasteiger partial charge in [-0.25, -0.2) is 8.78 Å². The van der Waals surface area contributed by atoms with Crippen molar-refractivity contribution in [3.63, 3.8) is 0 Å². The highest BCUT2D eigenvalue weighted by molar-refractivity contribution is 7.27. The molecule has 3 heterocycles. The van der Waals surface area contributed by atoms with Crippen LogP contribution in [-0.4, -0.2) is 9.97 Å². The fourth-order valence-corrected chi connectivity index (χ4v) is 7.20. The molecule has 0 aliphatic carbocycles. The molecule has 0 radical (unpaired) electrons. The number of rotatable bonds is 5. The summed E-state index contributed by atoms with van der Waals surface area (Å²) in [6, 6.07) is 40.8. The number of thiophene rings is 1. The smallest absolute Gasteiger partial charge is 0.133 e. The summed E-state index contributed by atoms with van der Waals surface area (Å²) in [5.41, 5.74) is 6.70. The zero-order chi connectivity index (χ0) is 29.6. The van der Waals surface area contributed by atoms with E-state index >= 15 is 0 Å². The Bertz CT molecular complexity index is 2320. The first-order valence-corrected chi connectivity index (χ1v) is 15.0. The summed E-state index contributed by atoms with van der Waals surface area (Å²) >= 11 is 1.52. The Morgan fingerprint density at radius 2 is 1.20 bits per heavy atom. The van der Waals surface area contributed by atoms with Crippen LogP contribution in [0.2, 0.25) is 0 Å². The summed E-state index contributed by atoms with van der Waals surface area (Å²) in [6.07, 6.45) is 3.61. The van der Waals surface area contributed by atoms with Crippen LogP contribution in [0.4, 0.5) is 25.8 Å². The first kappa shape index (κ1) is 26.2. The molecule has 5 aromatic carbocycles. The number of anilines is 3. The summed E-state index contributed by atoms with van der Waals surface area (Å²) in [5, 5.41) is 2.95. The van der Waals surface area contributed by atoms with Gasteiger partial charge in [-0.2, -0.15) is 0 Å². The lowest BCUT2D eigenvalue weighted by Gasteiger charge is -2.26. The molecule has 0 unspecified atom stereocenters. The zero-order valence-corrected chi connectivity index (χ0v) is 24.1. The minimum atomic E-state index is -0.584. The number of nitrogens with zero attached hydrogens (tertiary/aromatic N) is 3. The molecule has 0 bridgehead atoms. The van der Waals surface area contributed by atoms with Crippen LogP contribution < -0.4 is 4.90 Å². The number of hydrogen-bond acceptors (Lipinski definition) is 4. The van der Waals surface area contributed by atoms with Crippen molar-refractivity contribution in [3.8, 4) is 22.5 Å². The molecule has 0 aliphatic heterocycles. The molecule has 44 heavy (non-hydrogen) atoms. The van der Waals surface area contributed by atoms with Crippen LogP contribution in [0.3, 0.4) is 0 Å². The maximum Gasteiger partial charge on any atom is 0.133 e. The predicted octanol–water partition coefficient (Wildman–Crippen LogP) is 11.1. The molecular weight excluding hydrogens is 569 g/mol. The molecule has 0 fully saturated rings. The van der Waals surface area contributed by atoms with Crippen molar-refractivity contribution in [2.45, 2.75) is 0 Å². The molecule has 210 valence electrons. The first-order chi connectivity index (χ1) is 21.6. The average molecular weight is 592 g/mol. The van der Waals surface area contributed by atoms with Gasteiger partial charge in [-0.3, -0.25) is 9.97 Å². The van der Waals surface area contributed by atoms with Gasteiger partial charge in [0.2, 0.25) is 0 Å². The Hall–Kier alpha value is -5.46. The number of para-hydroxylation sites is 1. The van der Waals surface area contributed by atoms with Gasteiger partial charge in [-0.15, -0.1) is 11.3 Å². The number of fused-ring (bicyclic) bond motifs is 5. The van der Waals surface area contributed by atoms with Gasteiger partial charge in [0.15, 0.2) is 0 Å². The van der Waals surface area contributed by atoms with Crippen molar-refractivity contribution < 1.29 is 8.78 Å². The van der Waals surface area contributed by atoms with E-state index in [2.05, 4.69) is 64.5 Å². The van der Waals surface area contributed by atoms with Gasteiger partial charge in [0, 0.05) is 72.9 Å². The first-order valence-electron chi connectivity index (χ1n) is 14.2. The number of halogens is 2. The van der Waals surface area contributed by atoms with Crippen molar-refractivity contribution in [2.75, 3.05) is 4.90 Å². The van der Waals surface area contributed by atoms with Crippen molar-refractivity contribution >= 4 is 59.3 Å². The van der Waals surface area contributed by atoms with Crippen LogP contribution >= 0.6 is 11.3 Å². The summed E-state index contributed by atoms with van der Waals surface area (Å²) < 4.78 is 30.7. The fraction of sp³-hybridized carbons (Fsp3) is 0. The lowest BCUT2D eigenvalue weighted by Crippen LogP contribution is -2.10. The van der Waals surface area contributed by atoms with Crippen LogP contribution in [0.15, 0.2) is 140 Å². The largest absolute Gasteiger partial charge is 0.310 e. The number of hydrogen-bond donors (Lipinski definition) is 0. The molecule has 3 aromatic heterocycles. The van der Waals surface area contributed by atoms with Crippen LogP contribution in [-0.2, 0) is 0 Å². The predicted molar refractivity (Wildman–Crippen MR) is 178 cm³/mol. The van der Waals surface area contributed by atoms with E-state index in [1.807, 2.05) is 54.6 Å². The molecule has 0 saturated heterocycles. The fourth-order valence-electron chi connectivity index (χ4n) is 5.88. The molecular formula is C38H23F2N3S. The van der Waals surface area contributed by atoms with Crippen LogP contribution in [0.5, 0.6) is 0 Å². The standard InChI is InChI=1S/C38H23F2N3S/c39-26-22-33-30(34(40)23-26)15-16-31-32-17-19-42-36(38(32)44-37(31)33)25-9-7-13-29(21-25)43(27-10-2-1-3-11-27)28-12-6-8-24(20-28)35-14-4-5-18-41-35/h1-23H. The molecule has 8 rings (SSSR count). The van der Waals surface area contributed by atoms with E-state index in [1.165, 1.54) is 17.4 Å². The molecule has 0 spiro atoms. The maximum atomic E-state index is 14.6. The Kier molecular flexibility index (Phi) is 6.35. The molecule has 6 heteroatoms. The SMILES string of the molecule is Fc1cc(F)c2ccc3c4ccnc(-c5cccc(N(c6ccccc6)c6cccc(-c7ccccn7)c6)c5)c4sc3c2c1. The Morgan fingerprint density at radius 1 is 0.500 bits per heavy atom. The summed E-state index contributed by atoms with van der Waals surface area (Å²) in [5.74, 6) is -1.14. The Labute approximate surface area is 256 Å². The lowest BCUT2D eigenvalue weighted by atomic mass is 10.0. The minimum absolute atomic E-state index is 0.411. The van der Waals surface area contributed by atoms with Crippen LogP contribution in [0.1, 0.15) is 0 Å². The highest BCUT2D eigenvalue weighted by atomic mass is 32.1. The van der Waals surface area contributed by atoms with E-state index < -0.39 is 11.6 Å². The third kappa shape index (κ3) is 4.48. The van der Waals surface area contributed by atoms with Gasteiger partial charge in [-0.1, -0.05) is 60.7 Å². The van der Waals surface area contributed by atoms with E-state index in [9.17, 15) is 8.78 Å². The van der Waals surface area contributed by atoms with Gasteiger partial charge in [0.1, 0.15) is 11.6 Å². The minimum Gasteiger partial charge on any atom is -0.310 e. The quantitative estimate of drug-likeness (QED) is 0.199. The maximum absolute atomic E-state index is 14.6. The monoisotopic (exact) mass is 591 g/mol. The van der Waals surface area contributed by atoms with Crippen molar-refractivity contribution in [3.05, 3.63) is 151 Å². The second kappa shape index (κ2) is 10.7. The van der Waals surface area contributed by atoms with E-state index in [4.69, 9.17) is 4.98 Å². The molecule has 0 aliphatic rings. The summed E-state index contributed by atoms with van der Waals surface area (Å²) in [6.45, 7) is 0. The van der Waals surface area contributed by atoms with Gasteiger partial charge in [0.05, 0.1) is 16.1 Å². The second-order valence-electron chi connectivity index (χ2n) is 10.5. The van der Waals surface area contributed by atoms with Gasteiger partial charge >= 0.3 is 0 Å². The molecule has 8 aromatic rings. The van der Waals surface area contributed by atoms with Crippen LogP contribution in [0.25, 0.3) is 53.5 Å². The summed E-state index contributed by atoms with van der Waals surface area (Å²) in [7, 11) is 0. The Morgan fingerprint density at radius 3 is 2.00 bits per heavy atom. The highest BCUT2D eigenvalue weighted by Gasteiger charge is 2.18. The van der Waals surface area contributed by atoms with Crippen molar-refractivity contribution in [1.29, 1.82) is 0 Å². The van der Waals surface area contributed by atoms with E-state index in [-0.39, 0.29) is 0 Å². The average Bonchev–Trinajstić information content (AvgIpc) is 3.46. The highest BCUT2D eigenvalue weighted by Crippen LogP contribution is 2.44. The molecule has 0 atom stereocenters. The number of pyridine rings is 2. The number of benzene rings is 5. The molecule has 0 saturated carbocycles. The molecule has 0 N–H and O–H groups in total. The zero-order valence-electron chi connectivity index (χ0n) is 23.3. The van der Waals surface area contributed by atoms with Gasteiger partial charge in [-0.05, 0) is 60.7 Å². The normalized spacial score (nSPS) is 11.4. The molecule has 3 nitrogen and oxygen atoms in total. The van der Waals surface area contributed by atoms with E-state index in [0.29, 0.717) is 10.8 Å². The summed E-state index contributed by atoms with van der Waals surface area (Å²) in [4.78, 5) is 11.6. The number of aromatic nitrogens is 2. The molecule has 0 amide bonds. The topological polar surface area (TPSA) is 29.0 Å². The Balaban J connectivity index is 1.30. The van der Waals surface area contributed by atoms with E-state index in [1.54, 1.807) is 18.5 Å². The van der Waals surface area contributed by atoms with E-state index in [0.717, 1.165) is 65.8 Å². The van der Waals surface area contributed by atoms with Crippen molar-refractivity contribution in [1.82, 2.24) is 9.97 Å².